The standard InChI is InChI=1S/C12H21NO2S/c1-10(14)8-13(6-7-15-3)9-12-5-4-11(2)16-12/h4-5,10,14H,6-9H2,1-3H3. The van der Waals surface area contributed by atoms with E-state index in [4.69, 9.17) is 4.74 Å². The molecule has 1 atom stereocenters. The maximum absolute atomic E-state index is 9.43. The van der Waals surface area contributed by atoms with Gasteiger partial charge < -0.3 is 9.84 Å². The van der Waals surface area contributed by atoms with Crippen molar-refractivity contribution < 1.29 is 9.84 Å². The highest BCUT2D eigenvalue weighted by Crippen LogP contribution is 2.17. The SMILES string of the molecule is COCCN(Cc1ccc(C)s1)CC(C)O. The Bertz CT molecular complexity index is 299. The molecule has 4 heteroatoms. The van der Waals surface area contributed by atoms with Crippen molar-refractivity contribution in [3.05, 3.63) is 21.9 Å². The summed E-state index contributed by atoms with van der Waals surface area (Å²) < 4.78 is 5.08. The van der Waals surface area contributed by atoms with Crippen LogP contribution in [0.2, 0.25) is 0 Å². The summed E-state index contributed by atoms with van der Waals surface area (Å²) in [5.41, 5.74) is 0. The van der Waals surface area contributed by atoms with Crippen molar-refractivity contribution in [3.63, 3.8) is 0 Å². The van der Waals surface area contributed by atoms with E-state index in [9.17, 15) is 5.11 Å². The quantitative estimate of drug-likeness (QED) is 0.794. The Hall–Kier alpha value is -0.420. The molecule has 0 aliphatic carbocycles. The van der Waals surface area contributed by atoms with Crippen molar-refractivity contribution in [1.82, 2.24) is 4.90 Å². The van der Waals surface area contributed by atoms with Crippen molar-refractivity contribution in [1.29, 1.82) is 0 Å². The average Bonchev–Trinajstić information content (AvgIpc) is 2.59. The first kappa shape index (κ1) is 13.6. The number of rotatable bonds is 7. The molecule has 0 saturated carbocycles. The largest absolute Gasteiger partial charge is 0.392 e. The first-order valence-electron chi connectivity index (χ1n) is 5.56. The smallest absolute Gasteiger partial charge is 0.0639 e. The molecule has 1 aromatic heterocycles. The Labute approximate surface area is 102 Å². The third-order valence-electron chi connectivity index (χ3n) is 2.31. The van der Waals surface area contributed by atoms with Crippen LogP contribution < -0.4 is 0 Å². The number of methoxy groups -OCH3 is 1. The highest BCUT2D eigenvalue weighted by molar-refractivity contribution is 7.11. The molecule has 0 aromatic carbocycles. The highest BCUT2D eigenvalue weighted by Gasteiger charge is 2.09. The van der Waals surface area contributed by atoms with Crippen LogP contribution in [-0.2, 0) is 11.3 Å². The van der Waals surface area contributed by atoms with E-state index >= 15 is 0 Å². The predicted molar refractivity (Wildman–Crippen MR) is 67.9 cm³/mol. The average molecular weight is 243 g/mol. The number of ether oxygens (including phenoxy) is 1. The number of aliphatic hydroxyl groups excluding tert-OH is 1. The van der Waals surface area contributed by atoms with Crippen LogP contribution in [0, 0.1) is 6.92 Å². The maximum Gasteiger partial charge on any atom is 0.0639 e. The molecule has 1 aromatic rings. The van der Waals surface area contributed by atoms with Crippen molar-refractivity contribution in [2.75, 3.05) is 26.8 Å². The zero-order valence-corrected chi connectivity index (χ0v) is 11.1. The summed E-state index contributed by atoms with van der Waals surface area (Å²) in [5, 5.41) is 9.43. The van der Waals surface area contributed by atoms with Crippen molar-refractivity contribution >= 4 is 11.3 Å². The van der Waals surface area contributed by atoms with Gasteiger partial charge in [-0.15, -0.1) is 11.3 Å². The van der Waals surface area contributed by atoms with Crippen LogP contribution in [0.15, 0.2) is 12.1 Å². The maximum atomic E-state index is 9.43. The number of hydrogen-bond acceptors (Lipinski definition) is 4. The lowest BCUT2D eigenvalue weighted by molar-refractivity contribution is 0.0945. The molecule has 92 valence electrons. The van der Waals surface area contributed by atoms with Gasteiger partial charge in [0.15, 0.2) is 0 Å². The molecular weight excluding hydrogens is 222 g/mol. The van der Waals surface area contributed by atoms with Crippen LogP contribution in [0.1, 0.15) is 16.7 Å². The number of aryl methyl sites for hydroxylation is 1. The number of nitrogens with zero attached hydrogens (tertiary/aromatic N) is 1. The Balaban J connectivity index is 2.48. The molecule has 0 aliphatic rings. The van der Waals surface area contributed by atoms with Gasteiger partial charge in [0, 0.05) is 36.5 Å². The number of thiophene rings is 1. The lowest BCUT2D eigenvalue weighted by Gasteiger charge is -2.22. The second kappa shape index (κ2) is 7.01. The molecule has 0 radical (unpaired) electrons. The van der Waals surface area contributed by atoms with Crippen LogP contribution in [0.3, 0.4) is 0 Å². The van der Waals surface area contributed by atoms with Crippen LogP contribution in [0.4, 0.5) is 0 Å². The fraction of sp³-hybridized carbons (Fsp3) is 0.667. The first-order chi connectivity index (χ1) is 7.61. The molecule has 0 fully saturated rings. The molecule has 0 aliphatic heterocycles. The second-order valence-corrected chi connectivity index (χ2v) is 5.46. The molecule has 1 unspecified atom stereocenters. The van der Waals surface area contributed by atoms with Gasteiger partial charge in [0.2, 0.25) is 0 Å². The van der Waals surface area contributed by atoms with Crippen molar-refractivity contribution in [2.45, 2.75) is 26.5 Å². The van der Waals surface area contributed by atoms with Gasteiger partial charge in [-0.25, -0.2) is 0 Å². The summed E-state index contributed by atoms with van der Waals surface area (Å²) in [7, 11) is 1.70. The summed E-state index contributed by atoms with van der Waals surface area (Å²) >= 11 is 1.81. The summed E-state index contributed by atoms with van der Waals surface area (Å²) in [5.74, 6) is 0. The Morgan fingerprint density at radius 1 is 1.50 bits per heavy atom. The summed E-state index contributed by atoms with van der Waals surface area (Å²) in [6.45, 7) is 7.09. The van der Waals surface area contributed by atoms with E-state index in [1.165, 1.54) is 9.75 Å². The van der Waals surface area contributed by atoms with E-state index in [2.05, 4.69) is 24.0 Å². The minimum atomic E-state index is -0.294. The highest BCUT2D eigenvalue weighted by atomic mass is 32.1. The van der Waals surface area contributed by atoms with Crippen LogP contribution in [0.25, 0.3) is 0 Å². The minimum Gasteiger partial charge on any atom is -0.392 e. The monoisotopic (exact) mass is 243 g/mol. The van der Waals surface area contributed by atoms with Crippen LogP contribution in [-0.4, -0.2) is 42.9 Å². The van der Waals surface area contributed by atoms with Crippen LogP contribution >= 0.6 is 11.3 Å². The summed E-state index contributed by atoms with van der Waals surface area (Å²) in [6, 6.07) is 4.29. The fourth-order valence-electron chi connectivity index (χ4n) is 1.62. The lowest BCUT2D eigenvalue weighted by atomic mass is 10.3. The van der Waals surface area contributed by atoms with Gasteiger partial charge in [0.05, 0.1) is 12.7 Å². The predicted octanol–water partition coefficient (Wildman–Crippen LogP) is 1.89. The fourth-order valence-corrected chi connectivity index (χ4v) is 2.55. The van der Waals surface area contributed by atoms with Crippen LogP contribution in [0.5, 0.6) is 0 Å². The third kappa shape index (κ3) is 5.07. The molecule has 16 heavy (non-hydrogen) atoms. The Morgan fingerprint density at radius 3 is 2.75 bits per heavy atom. The first-order valence-corrected chi connectivity index (χ1v) is 6.38. The van der Waals surface area contributed by atoms with Gasteiger partial charge in [0.1, 0.15) is 0 Å². The molecule has 0 amide bonds. The van der Waals surface area contributed by atoms with Gasteiger partial charge >= 0.3 is 0 Å². The molecule has 1 N–H and O–H groups in total. The van der Waals surface area contributed by atoms with Gasteiger partial charge in [-0.1, -0.05) is 0 Å². The molecule has 1 rings (SSSR count). The third-order valence-corrected chi connectivity index (χ3v) is 3.29. The molecule has 3 nitrogen and oxygen atoms in total. The molecule has 0 saturated heterocycles. The van der Waals surface area contributed by atoms with Crippen molar-refractivity contribution in [3.8, 4) is 0 Å². The van der Waals surface area contributed by atoms with E-state index < -0.39 is 0 Å². The van der Waals surface area contributed by atoms with Gasteiger partial charge in [-0.3, -0.25) is 4.90 Å². The summed E-state index contributed by atoms with van der Waals surface area (Å²) in [4.78, 5) is 4.90. The normalized spacial score (nSPS) is 13.3. The zero-order chi connectivity index (χ0) is 12.0. The van der Waals surface area contributed by atoms with E-state index in [1.54, 1.807) is 7.11 Å². The van der Waals surface area contributed by atoms with E-state index in [0.717, 1.165) is 13.1 Å². The van der Waals surface area contributed by atoms with E-state index in [0.29, 0.717) is 13.2 Å². The van der Waals surface area contributed by atoms with E-state index in [-0.39, 0.29) is 6.10 Å². The minimum absolute atomic E-state index is 0.294. The molecular formula is C12H21NO2S. The molecule has 0 bridgehead atoms. The van der Waals surface area contributed by atoms with Gasteiger partial charge in [0.25, 0.3) is 0 Å². The molecule has 0 spiro atoms. The number of hydrogen-bond donors (Lipinski definition) is 1. The topological polar surface area (TPSA) is 32.7 Å². The van der Waals surface area contributed by atoms with Gasteiger partial charge in [-0.05, 0) is 26.0 Å². The van der Waals surface area contributed by atoms with Crippen molar-refractivity contribution in [2.24, 2.45) is 0 Å². The van der Waals surface area contributed by atoms with E-state index in [1.807, 2.05) is 18.3 Å². The summed E-state index contributed by atoms with van der Waals surface area (Å²) in [6.07, 6.45) is -0.294. The Kier molecular flexibility index (Phi) is 5.98. The zero-order valence-electron chi connectivity index (χ0n) is 10.3. The second-order valence-electron chi connectivity index (χ2n) is 4.09. The number of aliphatic hydroxyl groups is 1. The van der Waals surface area contributed by atoms with Gasteiger partial charge in [-0.2, -0.15) is 0 Å². The molecule has 1 heterocycles. The Morgan fingerprint density at radius 2 is 2.25 bits per heavy atom. The lowest BCUT2D eigenvalue weighted by Crippen LogP contribution is -2.33.